The van der Waals surface area contributed by atoms with Crippen LogP contribution in [0.5, 0.6) is 0 Å². The molecule has 4 rings (SSSR count). The lowest BCUT2D eigenvalue weighted by molar-refractivity contribution is 0.0697. The minimum atomic E-state index is -3.87. The number of carbonyl (C=O) groups is 1. The Morgan fingerprint density at radius 2 is 1.79 bits per heavy atom. The van der Waals surface area contributed by atoms with Gasteiger partial charge in [0.25, 0.3) is 10.0 Å². The number of anilines is 2. The Morgan fingerprint density at radius 3 is 2.44 bits per heavy atom. The molecule has 0 atom stereocenters. The maximum atomic E-state index is 12.9. The number of rotatable bonds is 7. The van der Waals surface area contributed by atoms with Crippen LogP contribution in [0.15, 0.2) is 65.7 Å². The standard InChI is InChI=1S/C26H29N3O4S/c1-18-8-9-24(19(2)14-18)34(32,33)28-22-16-23(26(30)31)25(27-17-22)29-12-10-21(11-13-29)15-20-6-4-3-5-7-20/h3-9,14,16-17,21,28H,10-13,15H2,1-2H3,(H,30,31). The summed E-state index contributed by atoms with van der Waals surface area (Å²) in [7, 11) is -3.87. The van der Waals surface area contributed by atoms with Crippen molar-refractivity contribution in [2.45, 2.75) is 38.0 Å². The number of nitrogens with one attached hydrogen (secondary N) is 1. The highest BCUT2D eigenvalue weighted by molar-refractivity contribution is 7.92. The number of carboxylic acid groups (broad SMARTS) is 1. The Hall–Kier alpha value is -3.39. The second-order valence-corrected chi connectivity index (χ2v) is 10.5. The Bertz CT molecular complexity index is 1280. The molecule has 0 aliphatic carbocycles. The molecule has 7 nitrogen and oxygen atoms in total. The summed E-state index contributed by atoms with van der Waals surface area (Å²) in [4.78, 5) is 18.5. The van der Waals surface area contributed by atoms with E-state index in [1.54, 1.807) is 25.1 Å². The van der Waals surface area contributed by atoms with Crippen molar-refractivity contribution in [2.24, 2.45) is 5.92 Å². The van der Waals surface area contributed by atoms with Crippen LogP contribution in [0, 0.1) is 19.8 Å². The van der Waals surface area contributed by atoms with Gasteiger partial charge in [0.15, 0.2) is 0 Å². The van der Waals surface area contributed by atoms with Gasteiger partial charge in [0.2, 0.25) is 0 Å². The average Bonchev–Trinajstić information content (AvgIpc) is 2.80. The summed E-state index contributed by atoms with van der Waals surface area (Å²) in [5, 5.41) is 9.81. The molecule has 3 aromatic rings. The van der Waals surface area contributed by atoms with Gasteiger partial charge in [-0.3, -0.25) is 4.72 Å². The van der Waals surface area contributed by atoms with Crippen LogP contribution in [-0.4, -0.2) is 37.6 Å². The van der Waals surface area contributed by atoms with E-state index >= 15 is 0 Å². The molecular weight excluding hydrogens is 450 g/mol. The van der Waals surface area contributed by atoms with Crippen molar-refractivity contribution >= 4 is 27.5 Å². The van der Waals surface area contributed by atoms with Crippen LogP contribution >= 0.6 is 0 Å². The van der Waals surface area contributed by atoms with Crippen LogP contribution in [0.4, 0.5) is 11.5 Å². The Labute approximate surface area is 200 Å². The molecule has 0 unspecified atom stereocenters. The van der Waals surface area contributed by atoms with E-state index in [0.29, 0.717) is 30.4 Å². The van der Waals surface area contributed by atoms with Crippen LogP contribution in [-0.2, 0) is 16.4 Å². The fourth-order valence-corrected chi connectivity index (χ4v) is 5.79. The van der Waals surface area contributed by atoms with Gasteiger partial charge < -0.3 is 10.0 Å². The summed E-state index contributed by atoms with van der Waals surface area (Å²) in [6.45, 7) is 5.03. The predicted molar refractivity (Wildman–Crippen MR) is 133 cm³/mol. The molecule has 34 heavy (non-hydrogen) atoms. The van der Waals surface area contributed by atoms with Crippen molar-refractivity contribution in [1.29, 1.82) is 0 Å². The molecule has 2 aromatic carbocycles. The highest BCUT2D eigenvalue weighted by atomic mass is 32.2. The number of benzene rings is 2. The second-order valence-electron chi connectivity index (χ2n) is 8.89. The van der Waals surface area contributed by atoms with E-state index in [4.69, 9.17) is 0 Å². The number of carboxylic acids is 1. The molecule has 0 bridgehead atoms. The zero-order valence-electron chi connectivity index (χ0n) is 19.4. The third-order valence-electron chi connectivity index (χ3n) is 6.25. The lowest BCUT2D eigenvalue weighted by Gasteiger charge is -2.33. The number of aromatic carboxylic acids is 1. The van der Waals surface area contributed by atoms with Crippen molar-refractivity contribution in [3.63, 3.8) is 0 Å². The molecule has 0 spiro atoms. The van der Waals surface area contributed by atoms with E-state index in [1.165, 1.54) is 17.8 Å². The fourth-order valence-electron chi connectivity index (χ4n) is 4.53. The maximum absolute atomic E-state index is 12.9. The number of piperidine rings is 1. The lowest BCUT2D eigenvalue weighted by atomic mass is 9.90. The van der Waals surface area contributed by atoms with E-state index in [9.17, 15) is 18.3 Å². The third-order valence-corrected chi connectivity index (χ3v) is 7.79. The van der Waals surface area contributed by atoms with Gasteiger partial charge >= 0.3 is 5.97 Å². The van der Waals surface area contributed by atoms with Gasteiger partial charge in [0.1, 0.15) is 11.4 Å². The number of nitrogens with zero attached hydrogens (tertiary/aromatic N) is 2. The number of aryl methyl sites for hydroxylation is 2. The zero-order valence-corrected chi connectivity index (χ0v) is 20.2. The minimum Gasteiger partial charge on any atom is -0.478 e. The number of sulfonamides is 1. The Kier molecular flexibility index (Phi) is 6.88. The van der Waals surface area contributed by atoms with Crippen LogP contribution in [0.3, 0.4) is 0 Å². The van der Waals surface area contributed by atoms with Crippen molar-refractivity contribution in [1.82, 2.24) is 4.98 Å². The minimum absolute atomic E-state index is 0.0117. The molecule has 1 aliphatic rings. The quantitative estimate of drug-likeness (QED) is 0.511. The van der Waals surface area contributed by atoms with E-state index in [2.05, 4.69) is 21.8 Å². The van der Waals surface area contributed by atoms with Gasteiger partial charge in [-0.1, -0.05) is 48.0 Å². The first-order valence-electron chi connectivity index (χ1n) is 11.4. The van der Waals surface area contributed by atoms with Crippen LogP contribution in [0.1, 0.15) is 39.9 Å². The zero-order chi connectivity index (χ0) is 24.3. The maximum Gasteiger partial charge on any atom is 0.339 e. The van der Waals surface area contributed by atoms with Crippen molar-refractivity contribution < 1.29 is 18.3 Å². The highest BCUT2D eigenvalue weighted by Crippen LogP contribution is 2.29. The summed E-state index contributed by atoms with van der Waals surface area (Å²) in [6, 6.07) is 16.8. The van der Waals surface area contributed by atoms with Crippen LogP contribution in [0.2, 0.25) is 0 Å². The SMILES string of the molecule is Cc1ccc(S(=O)(=O)Nc2cnc(N3CCC(Cc4ccccc4)CC3)c(C(=O)O)c2)c(C)c1. The number of hydrogen-bond acceptors (Lipinski definition) is 5. The molecule has 1 fully saturated rings. The van der Waals surface area contributed by atoms with Gasteiger partial charge in [0, 0.05) is 13.1 Å². The molecule has 1 aromatic heterocycles. The third kappa shape index (κ3) is 5.39. The summed E-state index contributed by atoms with van der Waals surface area (Å²) < 4.78 is 28.3. The largest absolute Gasteiger partial charge is 0.478 e. The monoisotopic (exact) mass is 479 g/mol. The molecule has 2 heterocycles. The van der Waals surface area contributed by atoms with E-state index in [0.717, 1.165) is 24.8 Å². The lowest BCUT2D eigenvalue weighted by Crippen LogP contribution is -2.36. The van der Waals surface area contributed by atoms with Crippen molar-refractivity contribution in [2.75, 3.05) is 22.7 Å². The van der Waals surface area contributed by atoms with Gasteiger partial charge in [-0.25, -0.2) is 18.2 Å². The molecule has 8 heteroatoms. The molecule has 1 saturated heterocycles. The number of hydrogen-bond donors (Lipinski definition) is 2. The second kappa shape index (κ2) is 9.85. The smallest absolute Gasteiger partial charge is 0.339 e. The Morgan fingerprint density at radius 1 is 1.09 bits per heavy atom. The van der Waals surface area contributed by atoms with E-state index in [-0.39, 0.29) is 16.1 Å². The first kappa shape index (κ1) is 23.8. The van der Waals surface area contributed by atoms with Gasteiger partial charge in [0.05, 0.1) is 16.8 Å². The molecule has 0 amide bonds. The van der Waals surface area contributed by atoms with E-state index < -0.39 is 16.0 Å². The average molecular weight is 480 g/mol. The molecule has 0 saturated carbocycles. The molecule has 178 valence electrons. The van der Waals surface area contributed by atoms with Gasteiger partial charge in [-0.05, 0) is 62.3 Å². The van der Waals surface area contributed by atoms with Gasteiger partial charge in [-0.2, -0.15) is 0 Å². The number of pyridine rings is 1. The summed E-state index contributed by atoms with van der Waals surface area (Å²) in [5.41, 5.74) is 3.00. The topological polar surface area (TPSA) is 99.6 Å². The summed E-state index contributed by atoms with van der Waals surface area (Å²) in [6.07, 6.45) is 4.28. The molecular formula is C26H29N3O4S. The highest BCUT2D eigenvalue weighted by Gasteiger charge is 2.25. The fraction of sp³-hybridized carbons (Fsp3) is 0.308. The first-order chi connectivity index (χ1) is 16.2. The first-order valence-corrected chi connectivity index (χ1v) is 12.8. The summed E-state index contributed by atoms with van der Waals surface area (Å²) >= 11 is 0. The molecule has 1 aliphatic heterocycles. The normalized spacial score (nSPS) is 14.7. The number of aromatic nitrogens is 1. The van der Waals surface area contributed by atoms with E-state index in [1.807, 2.05) is 30.0 Å². The van der Waals surface area contributed by atoms with Crippen LogP contribution in [0.25, 0.3) is 0 Å². The summed E-state index contributed by atoms with van der Waals surface area (Å²) in [5.74, 6) is -0.225. The Balaban J connectivity index is 1.49. The van der Waals surface area contributed by atoms with Crippen LogP contribution < -0.4 is 9.62 Å². The molecule has 2 N–H and O–H groups in total. The van der Waals surface area contributed by atoms with Gasteiger partial charge in [-0.15, -0.1) is 0 Å². The van der Waals surface area contributed by atoms with Crippen molar-refractivity contribution in [3.8, 4) is 0 Å². The molecule has 0 radical (unpaired) electrons. The van der Waals surface area contributed by atoms with Crippen molar-refractivity contribution in [3.05, 3.63) is 83.0 Å². The predicted octanol–water partition coefficient (Wildman–Crippen LogP) is 4.66.